The van der Waals surface area contributed by atoms with E-state index in [9.17, 15) is 9.18 Å². The second kappa shape index (κ2) is 7.64. The fraction of sp³-hybridized carbons (Fsp3) is 0.350. The highest BCUT2D eigenvalue weighted by atomic mass is 19.1. The number of rotatable bonds is 5. The fourth-order valence-electron chi connectivity index (χ4n) is 2.99. The standard InChI is InChI=1S/C20H23FN4O/c1-4-14-5-10-18(17-11-12-22-20(24-17)23-13(2)3)25(19(14)26)16-8-6-15(21)7-9-16/h6-14H,4-5H2,1-3H3,(H,22,23,24). The van der Waals surface area contributed by atoms with Gasteiger partial charge in [0.25, 0.3) is 0 Å². The summed E-state index contributed by atoms with van der Waals surface area (Å²) in [6.07, 6.45) is 5.12. The molecule has 1 aromatic heterocycles. The monoisotopic (exact) mass is 354 g/mol. The van der Waals surface area contributed by atoms with Gasteiger partial charge in [-0.15, -0.1) is 0 Å². The van der Waals surface area contributed by atoms with Gasteiger partial charge in [-0.3, -0.25) is 9.69 Å². The lowest BCUT2D eigenvalue weighted by molar-refractivity contribution is -0.121. The molecule has 2 heterocycles. The average Bonchev–Trinajstić information content (AvgIpc) is 2.62. The van der Waals surface area contributed by atoms with Crippen LogP contribution >= 0.6 is 0 Å². The van der Waals surface area contributed by atoms with Crippen LogP contribution in [0.5, 0.6) is 0 Å². The van der Waals surface area contributed by atoms with Crippen LogP contribution in [0, 0.1) is 11.7 Å². The highest BCUT2D eigenvalue weighted by molar-refractivity contribution is 6.08. The van der Waals surface area contributed by atoms with E-state index >= 15 is 0 Å². The summed E-state index contributed by atoms with van der Waals surface area (Å²) >= 11 is 0. The van der Waals surface area contributed by atoms with Gasteiger partial charge in [-0.25, -0.2) is 14.4 Å². The van der Waals surface area contributed by atoms with Crippen molar-refractivity contribution in [2.75, 3.05) is 10.2 Å². The number of anilines is 2. The van der Waals surface area contributed by atoms with E-state index in [0.717, 1.165) is 6.42 Å². The van der Waals surface area contributed by atoms with Crippen molar-refractivity contribution in [3.63, 3.8) is 0 Å². The molecule has 1 atom stereocenters. The van der Waals surface area contributed by atoms with E-state index < -0.39 is 0 Å². The van der Waals surface area contributed by atoms with Gasteiger partial charge in [0.15, 0.2) is 0 Å². The number of aromatic nitrogens is 2. The minimum Gasteiger partial charge on any atom is -0.352 e. The van der Waals surface area contributed by atoms with E-state index in [4.69, 9.17) is 0 Å². The van der Waals surface area contributed by atoms with Crippen LogP contribution in [0.15, 0.2) is 42.6 Å². The van der Waals surface area contributed by atoms with Gasteiger partial charge in [-0.2, -0.15) is 0 Å². The van der Waals surface area contributed by atoms with E-state index in [0.29, 0.717) is 29.4 Å². The molecule has 6 heteroatoms. The minimum atomic E-state index is -0.332. The van der Waals surface area contributed by atoms with Crippen molar-refractivity contribution in [3.05, 3.63) is 54.1 Å². The molecule has 0 saturated heterocycles. The first-order valence-corrected chi connectivity index (χ1v) is 8.89. The van der Waals surface area contributed by atoms with Gasteiger partial charge >= 0.3 is 0 Å². The predicted octanol–water partition coefficient (Wildman–Crippen LogP) is 4.24. The number of nitrogens with zero attached hydrogens (tertiary/aromatic N) is 3. The topological polar surface area (TPSA) is 58.1 Å². The van der Waals surface area contributed by atoms with Gasteiger partial charge in [-0.05, 0) is 57.0 Å². The zero-order valence-corrected chi connectivity index (χ0v) is 15.2. The Morgan fingerprint density at radius 2 is 2.00 bits per heavy atom. The lowest BCUT2D eigenvalue weighted by atomic mass is 9.94. The normalized spacial score (nSPS) is 17.4. The zero-order chi connectivity index (χ0) is 18.7. The smallest absolute Gasteiger partial charge is 0.235 e. The molecule has 0 radical (unpaired) electrons. The molecule has 1 aromatic carbocycles. The Kier molecular flexibility index (Phi) is 5.30. The van der Waals surface area contributed by atoms with Crippen LogP contribution < -0.4 is 10.2 Å². The van der Waals surface area contributed by atoms with Crippen molar-refractivity contribution in [1.29, 1.82) is 0 Å². The number of hydrogen-bond acceptors (Lipinski definition) is 4. The zero-order valence-electron chi connectivity index (χ0n) is 15.2. The maximum atomic E-state index is 13.3. The molecule has 26 heavy (non-hydrogen) atoms. The summed E-state index contributed by atoms with van der Waals surface area (Å²) in [4.78, 5) is 23.4. The van der Waals surface area contributed by atoms with Crippen molar-refractivity contribution in [2.24, 2.45) is 5.92 Å². The van der Waals surface area contributed by atoms with Crippen LogP contribution in [0.2, 0.25) is 0 Å². The third kappa shape index (κ3) is 3.74. The predicted molar refractivity (Wildman–Crippen MR) is 101 cm³/mol. The molecule has 2 aromatic rings. The third-order valence-corrected chi connectivity index (χ3v) is 4.32. The molecular formula is C20H23FN4O. The van der Waals surface area contributed by atoms with Gasteiger partial charge in [0.05, 0.1) is 11.4 Å². The number of halogens is 1. The van der Waals surface area contributed by atoms with Gasteiger partial charge < -0.3 is 5.32 Å². The number of carbonyl (C=O) groups is 1. The van der Waals surface area contributed by atoms with E-state index in [1.165, 1.54) is 12.1 Å². The Labute approximate surface area is 153 Å². The van der Waals surface area contributed by atoms with Crippen LogP contribution in [0.3, 0.4) is 0 Å². The summed E-state index contributed by atoms with van der Waals surface area (Å²) in [5, 5.41) is 3.17. The molecule has 1 amide bonds. The van der Waals surface area contributed by atoms with Crippen molar-refractivity contribution < 1.29 is 9.18 Å². The molecule has 0 aliphatic carbocycles. The largest absolute Gasteiger partial charge is 0.352 e. The van der Waals surface area contributed by atoms with E-state index in [2.05, 4.69) is 15.3 Å². The maximum Gasteiger partial charge on any atom is 0.235 e. The summed E-state index contributed by atoms with van der Waals surface area (Å²) in [5.41, 5.74) is 2.01. The minimum absolute atomic E-state index is 0.00795. The van der Waals surface area contributed by atoms with Crippen molar-refractivity contribution in [1.82, 2.24) is 9.97 Å². The molecule has 1 unspecified atom stereocenters. The summed E-state index contributed by atoms with van der Waals surface area (Å²) < 4.78 is 13.3. The molecule has 1 N–H and O–H groups in total. The number of benzene rings is 1. The van der Waals surface area contributed by atoms with Crippen LogP contribution in [-0.2, 0) is 4.79 Å². The molecule has 3 rings (SSSR count). The van der Waals surface area contributed by atoms with E-state index in [1.54, 1.807) is 29.3 Å². The molecule has 0 bridgehead atoms. The highest BCUT2D eigenvalue weighted by Crippen LogP contribution is 2.34. The number of amides is 1. The summed E-state index contributed by atoms with van der Waals surface area (Å²) in [6.45, 7) is 6.02. The molecule has 0 fully saturated rings. The van der Waals surface area contributed by atoms with Crippen LogP contribution in [0.25, 0.3) is 5.70 Å². The Bertz CT molecular complexity index is 817. The number of carbonyl (C=O) groups excluding carboxylic acids is 1. The Morgan fingerprint density at radius 1 is 1.27 bits per heavy atom. The lowest BCUT2D eigenvalue weighted by Gasteiger charge is -2.32. The molecule has 1 aliphatic heterocycles. The first-order valence-electron chi connectivity index (χ1n) is 8.89. The Balaban J connectivity index is 2.03. The van der Waals surface area contributed by atoms with Crippen LogP contribution in [-0.4, -0.2) is 21.9 Å². The first kappa shape index (κ1) is 18.0. The second-order valence-electron chi connectivity index (χ2n) is 6.64. The van der Waals surface area contributed by atoms with Crippen molar-refractivity contribution in [2.45, 2.75) is 39.7 Å². The van der Waals surface area contributed by atoms with Gasteiger partial charge in [0, 0.05) is 23.8 Å². The Hall–Kier alpha value is -2.76. The number of hydrogen-bond donors (Lipinski definition) is 1. The van der Waals surface area contributed by atoms with Crippen molar-refractivity contribution in [3.8, 4) is 0 Å². The summed E-state index contributed by atoms with van der Waals surface area (Å²) in [5.74, 6) is 0.108. The average molecular weight is 354 g/mol. The van der Waals surface area contributed by atoms with Crippen LogP contribution in [0.4, 0.5) is 16.0 Å². The first-order chi connectivity index (χ1) is 12.5. The van der Waals surface area contributed by atoms with Gasteiger partial charge in [-0.1, -0.05) is 13.0 Å². The number of allylic oxidation sites excluding steroid dienone is 1. The molecule has 0 spiro atoms. The second-order valence-corrected chi connectivity index (χ2v) is 6.64. The Morgan fingerprint density at radius 3 is 2.65 bits per heavy atom. The molecule has 1 aliphatic rings. The fourth-order valence-corrected chi connectivity index (χ4v) is 2.99. The van der Waals surface area contributed by atoms with Crippen LogP contribution in [0.1, 0.15) is 39.3 Å². The van der Waals surface area contributed by atoms with Gasteiger partial charge in [0.2, 0.25) is 11.9 Å². The third-order valence-electron chi connectivity index (χ3n) is 4.32. The van der Waals surface area contributed by atoms with Crippen molar-refractivity contribution >= 4 is 23.2 Å². The SMILES string of the molecule is CCC1CC=C(c2ccnc(NC(C)C)n2)N(c2ccc(F)cc2)C1=O. The molecular weight excluding hydrogens is 331 g/mol. The summed E-state index contributed by atoms with van der Waals surface area (Å²) in [6, 6.07) is 7.95. The lowest BCUT2D eigenvalue weighted by Crippen LogP contribution is -2.38. The van der Waals surface area contributed by atoms with E-state index in [-0.39, 0.29) is 23.7 Å². The molecule has 5 nitrogen and oxygen atoms in total. The quantitative estimate of drug-likeness (QED) is 0.872. The maximum absolute atomic E-state index is 13.3. The van der Waals surface area contributed by atoms with E-state index in [1.807, 2.05) is 26.8 Å². The molecule has 0 saturated carbocycles. The van der Waals surface area contributed by atoms with Gasteiger partial charge in [0.1, 0.15) is 5.82 Å². The number of nitrogens with one attached hydrogen (secondary N) is 1. The highest BCUT2D eigenvalue weighted by Gasteiger charge is 2.31. The molecule has 136 valence electrons. The summed E-state index contributed by atoms with van der Waals surface area (Å²) in [7, 11) is 0.